The van der Waals surface area contributed by atoms with Crippen LogP contribution in [0.3, 0.4) is 0 Å². The average molecular weight is 1180 g/mol. The van der Waals surface area contributed by atoms with Gasteiger partial charge in [-0.15, -0.1) is 0 Å². The highest BCUT2D eigenvalue weighted by Crippen LogP contribution is 2.21. The minimum atomic E-state index is -1.36. The molecule has 24 heteroatoms. The second-order valence-corrected chi connectivity index (χ2v) is 23.9. The van der Waals surface area contributed by atoms with E-state index < -0.39 is 131 Å². The van der Waals surface area contributed by atoms with Crippen LogP contribution in [0.4, 0.5) is 0 Å². The number of carbonyl (C=O) groups excluding carboxylic acids is 9. The van der Waals surface area contributed by atoms with Gasteiger partial charge < -0.3 is 68.8 Å². The summed E-state index contributed by atoms with van der Waals surface area (Å²) in [5.74, 6) is -8.68. The van der Waals surface area contributed by atoms with Gasteiger partial charge in [-0.05, 0) is 104 Å². The summed E-state index contributed by atoms with van der Waals surface area (Å²) >= 11 is 1.39. The molecule has 0 bridgehead atoms. The Hall–Kier alpha value is -7.21. The molecule has 2 aromatic carbocycles. The fourth-order valence-electron chi connectivity index (χ4n) is 9.02. The summed E-state index contributed by atoms with van der Waals surface area (Å²) in [7, 11) is 0. The lowest BCUT2D eigenvalue weighted by molar-refractivity contribution is -0.142. The quantitative estimate of drug-likeness (QED) is 0.0409. The number of phenolic OH excluding ortho intramolecular Hbond substituents is 1. The fraction of sp³-hybridized carbons (Fsp3) is 0.593. The highest BCUT2D eigenvalue weighted by atomic mass is 32.2. The largest absolute Gasteiger partial charge is 0.508 e. The molecule has 0 radical (unpaired) electrons. The number of amides is 9. The highest BCUT2D eigenvalue weighted by Gasteiger charge is 2.37. The van der Waals surface area contributed by atoms with Crippen molar-refractivity contribution in [1.29, 1.82) is 0 Å². The fourth-order valence-corrected chi connectivity index (χ4v) is 9.50. The van der Waals surface area contributed by atoms with Crippen LogP contribution in [0.2, 0.25) is 0 Å². The molecule has 3 rings (SSSR count). The lowest BCUT2D eigenvalue weighted by Crippen LogP contribution is -2.62. The summed E-state index contributed by atoms with van der Waals surface area (Å²) in [5, 5.41) is 44.4. The smallest absolute Gasteiger partial charge is 0.326 e. The Morgan fingerprint density at radius 1 is 0.530 bits per heavy atom. The molecular weight excluding hydrogens is 1090 g/mol. The molecule has 14 N–H and O–H groups in total. The zero-order valence-corrected chi connectivity index (χ0v) is 51.1. The van der Waals surface area contributed by atoms with Gasteiger partial charge in [0.05, 0.1) is 6.04 Å². The molecule has 0 saturated carbocycles. The van der Waals surface area contributed by atoms with Crippen LogP contribution in [-0.2, 0) is 60.8 Å². The summed E-state index contributed by atoms with van der Waals surface area (Å²) in [4.78, 5) is 140. The SMILES string of the molecule is CC[C@H](C)[C@H](NC(=O)[C@@H](N)CC(C)C)C(=O)N[C@@H](CC(C)C)C(=O)N[C@@H](Cc1c[nH]c2ccccc12)C(=O)N[C@H](C(=O)N[C@H](C(=O)N[C@@H](C)C(=O)N[C@@H](CCSC)C(=O)N[C@@H](C)C(=O)N[C@@H](Cc1ccc(O)cc1)C(=O)O)C(C)C)C(C)C. The van der Waals surface area contributed by atoms with Crippen LogP contribution < -0.4 is 53.6 Å². The van der Waals surface area contributed by atoms with E-state index in [1.54, 1.807) is 40.1 Å². The van der Waals surface area contributed by atoms with Gasteiger partial charge in [0.25, 0.3) is 0 Å². The summed E-state index contributed by atoms with van der Waals surface area (Å²) in [6.45, 7) is 20.8. The van der Waals surface area contributed by atoms with Crippen molar-refractivity contribution in [3.05, 3.63) is 65.9 Å². The predicted octanol–water partition coefficient (Wildman–Crippen LogP) is 2.68. The Morgan fingerprint density at radius 3 is 1.54 bits per heavy atom. The molecule has 11 atom stereocenters. The molecule has 0 unspecified atom stereocenters. The van der Waals surface area contributed by atoms with E-state index in [4.69, 9.17) is 5.73 Å². The third-order valence-electron chi connectivity index (χ3n) is 14.2. The summed E-state index contributed by atoms with van der Waals surface area (Å²) in [6.07, 6.45) is 4.57. The number of carbonyl (C=O) groups is 10. The van der Waals surface area contributed by atoms with Crippen molar-refractivity contribution in [1.82, 2.24) is 52.8 Å². The molecule has 0 aliphatic carbocycles. The molecule has 23 nitrogen and oxygen atoms in total. The Kier molecular flexibility index (Phi) is 28.5. The van der Waals surface area contributed by atoms with Crippen LogP contribution in [0.5, 0.6) is 5.75 Å². The Balaban J connectivity index is 1.81. The second-order valence-electron chi connectivity index (χ2n) is 23.0. The molecule has 0 fully saturated rings. The average Bonchev–Trinajstić information content (AvgIpc) is 4.02. The van der Waals surface area contributed by atoms with Crippen molar-refractivity contribution in [3.63, 3.8) is 0 Å². The molecule has 1 heterocycles. The minimum absolute atomic E-state index is 0.0158. The predicted molar refractivity (Wildman–Crippen MR) is 319 cm³/mol. The van der Waals surface area contributed by atoms with Crippen molar-refractivity contribution < 1.29 is 58.2 Å². The van der Waals surface area contributed by atoms with E-state index in [2.05, 4.69) is 52.8 Å². The molecule has 0 saturated heterocycles. The number of benzene rings is 2. The lowest BCUT2D eigenvalue weighted by Gasteiger charge is -2.30. The van der Waals surface area contributed by atoms with Gasteiger partial charge in [0.1, 0.15) is 60.1 Å². The molecule has 0 aliphatic rings. The highest BCUT2D eigenvalue weighted by molar-refractivity contribution is 7.98. The monoisotopic (exact) mass is 1180 g/mol. The number of aromatic amines is 1. The van der Waals surface area contributed by atoms with E-state index >= 15 is 0 Å². The number of carboxylic acids is 1. The maximum atomic E-state index is 14.7. The number of aromatic hydroxyl groups is 1. The molecule has 3 aromatic rings. The van der Waals surface area contributed by atoms with Gasteiger partial charge in [-0.25, -0.2) is 4.79 Å². The van der Waals surface area contributed by atoms with E-state index in [1.807, 2.05) is 65.8 Å². The van der Waals surface area contributed by atoms with Gasteiger partial charge in [0.2, 0.25) is 53.2 Å². The molecule has 9 amide bonds. The number of hydrogen-bond donors (Lipinski definition) is 13. The van der Waals surface area contributed by atoms with E-state index in [9.17, 15) is 58.2 Å². The van der Waals surface area contributed by atoms with Crippen LogP contribution >= 0.6 is 11.8 Å². The first kappa shape index (κ1) is 70.1. The number of fused-ring (bicyclic) bond motifs is 1. The topological polar surface area (TPSA) is 361 Å². The molecule has 83 heavy (non-hydrogen) atoms. The van der Waals surface area contributed by atoms with Crippen LogP contribution in [-0.4, -0.2) is 147 Å². The number of nitrogens with two attached hydrogens (primary N) is 1. The number of aliphatic carboxylic acids is 1. The second kappa shape index (κ2) is 33.8. The van der Waals surface area contributed by atoms with Crippen molar-refractivity contribution in [2.45, 2.75) is 182 Å². The van der Waals surface area contributed by atoms with Gasteiger partial charge in [-0.2, -0.15) is 11.8 Å². The first-order valence-corrected chi connectivity index (χ1v) is 29.9. The van der Waals surface area contributed by atoms with Gasteiger partial charge in [-0.1, -0.05) is 106 Å². The number of thioether (sulfide) groups is 1. The minimum Gasteiger partial charge on any atom is -0.508 e. The van der Waals surface area contributed by atoms with Crippen molar-refractivity contribution in [3.8, 4) is 5.75 Å². The normalized spacial score (nSPS) is 15.5. The van der Waals surface area contributed by atoms with E-state index in [1.165, 1.54) is 49.9 Å². The van der Waals surface area contributed by atoms with E-state index in [0.717, 1.165) is 10.9 Å². The lowest BCUT2D eigenvalue weighted by atomic mass is 9.95. The van der Waals surface area contributed by atoms with Crippen molar-refractivity contribution in [2.75, 3.05) is 12.0 Å². The molecule has 460 valence electrons. The van der Waals surface area contributed by atoms with Crippen molar-refractivity contribution in [2.24, 2.45) is 35.3 Å². The summed E-state index contributed by atoms with van der Waals surface area (Å²) < 4.78 is 0. The van der Waals surface area contributed by atoms with Crippen LogP contribution in [0, 0.1) is 29.6 Å². The maximum absolute atomic E-state index is 14.7. The number of phenols is 1. The third-order valence-corrected chi connectivity index (χ3v) is 14.8. The van der Waals surface area contributed by atoms with Crippen LogP contribution in [0.15, 0.2) is 54.7 Å². The zero-order valence-electron chi connectivity index (χ0n) is 50.3. The maximum Gasteiger partial charge on any atom is 0.326 e. The van der Waals surface area contributed by atoms with Crippen molar-refractivity contribution >= 4 is 81.8 Å². The first-order valence-electron chi connectivity index (χ1n) is 28.5. The van der Waals surface area contributed by atoms with Gasteiger partial charge in [0, 0.05) is 29.9 Å². The number of carboxylic acid groups (broad SMARTS) is 1. The van der Waals surface area contributed by atoms with Crippen LogP contribution in [0.1, 0.15) is 120 Å². The van der Waals surface area contributed by atoms with Gasteiger partial charge >= 0.3 is 5.97 Å². The zero-order chi connectivity index (χ0) is 62.4. The molecule has 1 aromatic heterocycles. The van der Waals surface area contributed by atoms with Gasteiger partial charge in [-0.3, -0.25) is 43.2 Å². The Bertz CT molecular complexity index is 2680. The van der Waals surface area contributed by atoms with Gasteiger partial charge in [0.15, 0.2) is 0 Å². The molecular formula is C59H91N11O12S. The number of para-hydroxylation sites is 1. The number of aromatic nitrogens is 1. The molecule has 0 aliphatic heterocycles. The first-order chi connectivity index (χ1) is 39.0. The number of hydrogen-bond acceptors (Lipinski definition) is 13. The number of rotatable bonds is 34. The standard InChI is InChI=1S/C59H91N11O12S/c1-14-34(10)49(70-52(74)41(60)25-30(2)3)58(80)66-44(26-31(4)5)54(76)65-45(28-38-29-61-42-18-16-15-17-40(38)42)55(77)68-48(33(8)9)57(79)69-47(32(6)7)56(78)63-36(12)50(72)64-43(23-24-83-13)53(75)62-35(11)51(73)67-46(59(81)82)27-37-19-21-39(71)22-20-37/h15-22,29-36,41,43-49,61,71H,14,23-28,60H2,1-13H3,(H,62,75)(H,63,78)(H,64,72)(H,65,76)(H,66,80)(H,67,73)(H,68,77)(H,69,79)(H,70,74)(H,81,82)/t34-,35-,36-,41-,43-,44-,45-,46-,47-,48-,49-/m0/s1. The third kappa shape index (κ3) is 22.5. The summed E-state index contributed by atoms with van der Waals surface area (Å²) in [6, 6.07) is 1.32. The Labute approximate surface area is 491 Å². The number of H-pyrrole nitrogens is 1. The van der Waals surface area contributed by atoms with E-state index in [0.29, 0.717) is 29.7 Å². The number of nitrogens with one attached hydrogen (secondary N) is 10. The molecule has 0 spiro atoms. The Morgan fingerprint density at radius 2 is 1.00 bits per heavy atom. The van der Waals surface area contributed by atoms with Crippen LogP contribution in [0.25, 0.3) is 10.9 Å². The van der Waals surface area contributed by atoms with E-state index in [-0.39, 0.29) is 49.2 Å². The summed E-state index contributed by atoms with van der Waals surface area (Å²) in [5.41, 5.74) is 8.16.